The maximum atomic E-state index is 15.3. The first-order valence-electron chi connectivity index (χ1n) is 11.0. The topological polar surface area (TPSA) is 94.5 Å². The molecule has 3 aromatic rings. The highest BCUT2D eigenvalue weighted by Crippen LogP contribution is 2.40. The van der Waals surface area contributed by atoms with Crippen molar-refractivity contribution in [3.05, 3.63) is 51.9 Å². The van der Waals surface area contributed by atoms with Crippen molar-refractivity contribution < 1.29 is 13.9 Å². The van der Waals surface area contributed by atoms with E-state index in [0.717, 1.165) is 0 Å². The van der Waals surface area contributed by atoms with Crippen molar-refractivity contribution >= 4 is 28.8 Å². The number of hydrogen-bond acceptors (Lipinski definition) is 5. The van der Waals surface area contributed by atoms with Crippen LogP contribution < -0.4 is 15.8 Å². The van der Waals surface area contributed by atoms with E-state index in [4.69, 9.17) is 27.1 Å². The van der Waals surface area contributed by atoms with E-state index >= 15 is 4.39 Å². The first-order chi connectivity index (χ1) is 15.4. The van der Waals surface area contributed by atoms with Gasteiger partial charge in [-0.2, -0.15) is 0 Å². The number of ether oxygens (including phenoxy) is 1. The van der Waals surface area contributed by atoms with Crippen LogP contribution in [0.15, 0.2) is 18.5 Å². The van der Waals surface area contributed by atoms with Gasteiger partial charge in [0.05, 0.1) is 16.8 Å². The highest BCUT2D eigenvalue weighted by molar-refractivity contribution is 6.31. The van der Waals surface area contributed by atoms with Gasteiger partial charge in [-0.15, -0.1) is 0 Å². The van der Waals surface area contributed by atoms with E-state index in [1.807, 2.05) is 52.9 Å². The Morgan fingerprint density at radius 2 is 1.91 bits per heavy atom. The van der Waals surface area contributed by atoms with Crippen LogP contribution in [-0.4, -0.2) is 32.4 Å². The SMILES string of the molecule is Cc1nc(C(C)c2cc(Cl)c(F)c(C(=O)NC(C)C(C)C)c2OC(C)C)n2ccnc(N)c12. The molecule has 0 aliphatic heterocycles. The largest absolute Gasteiger partial charge is 0.490 e. The molecule has 2 unspecified atom stereocenters. The van der Waals surface area contributed by atoms with Gasteiger partial charge in [0.25, 0.3) is 5.91 Å². The molecule has 0 spiro atoms. The lowest BCUT2D eigenvalue weighted by Gasteiger charge is -2.24. The number of fused-ring (bicyclic) bond motifs is 1. The Labute approximate surface area is 198 Å². The molecule has 33 heavy (non-hydrogen) atoms. The number of carbonyl (C=O) groups excluding carboxylic acids is 1. The fourth-order valence-corrected chi connectivity index (χ4v) is 3.89. The molecule has 2 atom stereocenters. The molecule has 2 aromatic heterocycles. The maximum absolute atomic E-state index is 15.3. The normalized spacial score (nSPS) is 13.5. The highest BCUT2D eigenvalue weighted by Gasteiger charge is 2.30. The van der Waals surface area contributed by atoms with Crippen LogP contribution in [0.3, 0.4) is 0 Å². The number of nitrogens with two attached hydrogens (primary N) is 1. The summed E-state index contributed by atoms with van der Waals surface area (Å²) >= 11 is 6.28. The fourth-order valence-electron chi connectivity index (χ4n) is 3.67. The zero-order chi connectivity index (χ0) is 24.6. The van der Waals surface area contributed by atoms with E-state index < -0.39 is 17.6 Å². The van der Waals surface area contributed by atoms with Gasteiger partial charge in [0.15, 0.2) is 5.82 Å². The second-order valence-electron chi connectivity index (χ2n) is 8.95. The first kappa shape index (κ1) is 24.8. The molecule has 0 aliphatic carbocycles. The third-order valence-electron chi connectivity index (χ3n) is 5.78. The van der Waals surface area contributed by atoms with Crippen LogP contribution in [0.4, 0.5) is 10.2 Å². The van der Waals surface area contributed by atoms with Crippen LogP contribution in [0.2, 0.25) is 5.02 Å². The van der Waals surface area contributed by atoms with E-state index in [1.54, 1.807) is 12.4 Å². The van der Waals surface area contributed by atoms with Crippen molar-refractivity contribution in [3.8, 4) is 5.75 Å². The van der Waals surface area contributed by atoms with Crippen molar-refractivity contribution in [3.63, 3.8) is 0 Å². The van der Waals surface area contributed by atoms with E-state index in [0.29, 0.717) is 28.4 Å². The summed E-state index contributed by atoms with van der Waals surface area (Å²) in [5, 5.41) is 2.70. The van der Waals surface area contributed by atoms with Crippen molar-refractivity contribution in [1.82, 2.24) is 19.7 Å². The lowest BCUT2D eigenvalue weighted by atomic mass is 9.95. The number of nitrogen functional groups attached to an aromatic ring is 1. The third kappa shape index (κ3) is 4.76. The predicted molar refractivity (Wildman–Crippen MR) is 129 cm³/mol. The summed E-state index contributed by atoms with van der Waals surface area (Å²) in [6.07, 6.45) is 3.06. The fraction of sp³-hybridized carbons (Fsp3) is 0.458. The number of anilines is 1. The molecule has 3 N–H and O–H groups in total. The van der Waals surface area contributed by atoms with Crippen LogP contribution in [0.1, 0.15) is 74.9 Å². The van der Waals surface area contributed by atoms with Gasteiger partial charge in [-0.3, -0.25) is 9.20 Å². The van der Waals surface area contributed by atoms with Crippen LogP contribution in [0.5, 0.6) is 5.75 Å². The zero-order valence-corrected chi connectivity index (χ0v) is 20.8. The number of benzene rings is 1. The Bertz CT molecular complexity index is 1190. The highest BCUT2D eigenvalue weighted by atomic mass is 35.5. The summed E-state index contributed by atoms with van der Waals surface area (Å²) in [5.74, 6) is -0.443. The Morgan fingerprint density at radius 1 is 1.24 bits per heavy atom. The minimum Gasteiger partial charge on any atom is -0.490 e. The second-order valence-corrected chi connectivity index (χ2v) is 9.35. The van der Waals surface area contributed by atoms with Crippen molar-refractivity contribution in [2.75, 3.05) is 5.73 Å². The molecule has 2 heterocycles. The second kappa shape index (κ2) is 9.55. The first-order valence-corrected chi connectivity index (χ1v) is 11.4. The minimum atomic E-state index is -0.811. The van der Waals surface area contributed by atoms with Gasteiger partial charge in [0.2, 0.25) is 0 Å². The Morgan fingerprint density at radius 3 is 2.52 bits per heavy atom. The number of rotatable bonds is 7. The molecule has 0 radical (unpaired) electrons. The van der Waals surface area contributed by atoms with E-state index in [1.165, 1.54) is 6.07 Å². The molecule has 0 saturated carbocycles. The number of imidazole rings is 1. The van der Waals surface area contributed by atoms with Gasteiger partial charge in [0.1, 0.15) is 28.5 Å². The molecule has 9 heteroatoms. The molecule has 3 rings (SSSR count). The lowest BCUT2D eigenvalue weighted by Crippen LogP contribution is -2.37. The minimum absolute atomic E-state index is 0.157. The maximum Gasteiger partial charge on any atom is 0.258 e. The smallest absolute Gasteiger partial charge is 0.258 e. The van der Waals surface area contributed by atoms with Crippen molar-refractivity contribution in [1.29, 1.82) is 0 Å². The number of aromatic nitrogens is 3. The monoisotopic (exact) mass is 475 g/mol. The molecule has 1 aromatic carbocycles. The predicted octanol–water partition coefficient (Wildman–Crippen LogP) is 5.13. The summed E-state index contributed by atoms with van der Waals surface area (Å²) in [6, 6.07) is 1.33. The number of aryl methyl sites for hydroxylation is 1. The van der Waals surface area contributed by atoms with Gasteiger partial charge in [-0.1, -0.05) is 32.4 Å². The van der Waals surface area contributed by atoms with Crippen molar-refractivity contribution in [2.45, 2.75) is 66.5 Å². The molecular formula is C24H31ClFN5O2. The number of halogens is 2. The number of nitrogens with one attached hydrogen (secondary N) is 1. The summed E-state index contributed by atoms with van der Waals surface area (Å²) in [6.45, 7) is 13.2. The van der Waals surface area contributed by atoms with Crippen LogP contribution in [-0.2, 0) is 0 Å². The van der Waals surface area contributed by atoms with Gasteiger partial charge in [-0.25, -0.2) is 14.4 Å². The number of carbonyl (C=O) groups is 1. The summed E-state index contributed by atoms with van der Waals surface area (Å²) < 4.78 is 23.1. The molecule has 0 fully saturated rings. The van der Waals surface area contributed by atoms with Crippen LogP contribution in [0.25, 0.3) is 5.52 Å². The van der Waals surface area contributed by atoms with Crippen molar-refractivity contribution in [2.24, 2.45) is 5.92 Å². The van der Waals surface area contributed by atoms with Crippen LogP contribution >= 0.6 is 11.6 Å². The summed E-state index contributed by atoms with van der Waals surface area (Å²) in [4.78, 5) is 22.0. The Kier molecular flexibility index (Phi) is 7.17. The Hall–Kier alpha value is -2.87. The van der Waals surface area contributed by atoms with Gasteiger partial charge in [0, 0.05) is 29.9 Å². The van der Waals surface area contributed by atoms with Gasteiger partial charge in [-0.05, 0) is 39.7 Å². The van der Waals surface area contributed by atoms with E-state index in [2.05, 4.69) is 10.3 Å². The number of nitrogens with zero attached hydrogens (tertiary/aromatic N) is 3. The lowest BCUT2D eigenvalue weighted by molar-refractivity contribution is 0.0919. The third-order valence-corrected chi connectivity index (χ3v) is 6.05. The van der Waals surface area contributed by atoms with Gasteiger partial charge >= 0.3 is 0 Å². The molecule has 7 nitrogen and oxygen atoms in total. The molecule has 0 saturated heterocycles. The average molecular weight is 476 g/mol. The zero-order valence-electron chi connectivity index (χ0n) is 20.0. The Balaban J connectivity index is 2.23. The average Bonchev–Trinajstić information content (AvgIpc) is 3.07. The molecule has 1 amide bonds. The number of hydrogen-bond donors (Lipinski definition) is 2. The number of amides is 1. The molecule has 0 aliphatic rings. The molecule has 0 bridgehead atoms. The van der Waals surface area contributed by atoms with Gasteiger partial charge < -0.3 is 15.8 Å². The summed E-state index contributed by atoms with van der Waals surface area (Å²) in [7, 11) is 0. The molecule has 178 valence electrons. The van der Waals surface area contributed by atoms with E-state index in [-0.39, 0.29) is 34.4 Å². The van der Waals surface area contributed by atoms with E-state index in [9.17, 15) is 4.79 Å². The molecular weight excluding hydrogens is 445 g/mol. The quantitative estimate of drug-likeness (QED) is 0.494. The summed E-state index contributed by atoms with van der Waals surface area (Å²) in [5.41, 5.74) is 7.82. The standard InChI is InChI=1S/C24H31ClFN5O2/c1-11(2)14(6)30-24(32)18-19(26)17(25)10-16(21(18)33-12(3)4)13(5)23-29-15(7)20-22(27)28-8-9-31(20)23/h8-14H,1-7H3,(H2,27,28)(H,30,32). The van der Waals surface area contributed by atoms with Crippen LogP contribution in [0, 0.1) is 18.7 Å².